The van der Waals surface area contributed by atoms with Crippen molar-refractivity contribution in [2.24, 2.45) is 13.0 Å². The van der Waals surface area contributed by atoms with Crippen molar-refractivity contribution in [2.45, 2.75) is 19.3 Å². The molecule has 0 amide bonds. The molecule has 0 bridgehead atoms. The minimum absolute atomic E-state index is 0.672. The number of hydrogen-bond donors (Lipinski definition) is 0. The maximum absolute atomic E-state index is 10.5. The summed E-state index contributed by atoms with van der Waals surface area (Å²) >= 11 is 0. The average molecular weight is 164 g/mol. The van der Waals surface area contributed by atoms with Crippen LogP contribution in [0.3, 0.4) is 0 Å². The van der Waals surface area contributed by atoms with Gasteiger partial charge in [0.25, 0.3) is 0 Å². The number of aryl methyl sites for hydroxylation is 1. The molecule has 12 heavy (non-hydrogen) atoms. The predicted molar refractivity (Wildman–Crippen MR) is 45.0 cm³/mol. The molecule has 64 valence electrons. The van der Waals surface area contributed by atoms with Gasteiger partial charge in [0, 0.05) is 7.05 Å². The first kappa shape index (κ1) is 7.53. The summed E-state index contributed by atoms with van der Waals surface area (Å²) in [5.41, 5.74) is 1.73. The molecule has 1 aromatic rings. The van der Waals surface area contributed by atoms with E-state index >= 15 is 0 Å². The van der Waals surface area contributed by atoms with Crippen molar-refractivity contribution in [3.63, 3.8) is 0 Å². The van der Waals surface area contributed by atoms with E-state index in [0.29, 0.717) is 5.69 Å². The van der Waals surface area contributed by atoms with Gasteiger partial charge in [0.15, 0.2) is 6.29 Å². The molecule has 0 unspecified atom stereocenters. The topological polar surface area (TPSA) is 34.9 Å². The van der Waals surface area contributed by atoms with E-state index in [9.17, 15) is 4.79 Å². The van der Waals surface area contributed by atoms with Crippen molar-refractivity contribution < 1.29 is 4.79 Å². The van der Waals surface area contributed by atoms with Crippen molar-refractivity contribution in [1.82, 2.24) is 9.78 Å². The van der Waals surface area contributed by atoms with Gasteiger partial charge in [-0.15, -0.1) is 0 Å². The maximum atomic E-state index is 10.5. The molecule has 3 heteroatoms. The second-order valence-corrected chi connectivity index (χ2v) is 3.45. The van der Waals surface area contributed by atoms with E-state index in [0.717, 1.165) is 24.3 Å². The minimum Gasteiger partial charge on any atom is -0.296 e. The molecule has 1 fully saturated rings. The normalized spacial score (nSPS) is 16.4. The molecule has 2 rings (SSSR count). The number of rotatable bonds is 3. The van der Waals surface area contributed by atoms with Crippen molar-refractivity contribution in [3.8, 4) is 0 Å². The summed E-state index contributed by atoms with van der Waals surface area (Å²) in [6.45, 7) is 0. The van der Waals surface area contributed by atoms with Gasteiger partial charge in [-0.25, -0.2) is 0 Å². The molecule has 0 aromatic carbocycles. The molecule has 1 aliphatic carbocycles. The molecule has 0 saturated heterocycles. The van der Waals surface area contributed by atoms with Crippen LogP contribution in [-0.2, 0) is 13.5 Å². The minimum atomic E-state index is 0.672. The van der Waals surface area contributed by atoms with E-state index in [1.54, 1.807) is 11.7 Å². The van der Waals surface area contributed by atoms with Crippen molar-refractivity contribution >= 4 is 6.29 Å². The summed E-state index contributed by atoms with van der Waals surface area (Å²) in [6.07, 6.45) is 4.55. The SMILES string of the molecule is Cn1nc(CC2CC2)cc1C=O. The fourth-order valence-corrected chi connectivity index (χ4v) is 1.37. The number of hydrogen-bond acceptors (Lipinski definition) is 2. The van der Waals surface area contributed by atoms with Gasteiger partial charge in [0.2, 0.25) is 0 Å². The Balaban J connectivity index is 2.15. The number of carbonyl (C=O) groups is 1. The number of aldehydes is 1. The lowest BCUT2D eigenvalue weighted by Gasteiger charge is -1.90. The number of nitrogens with zero attached hydrogens (tertiary/aromatic N) is 2. The third-order valence-corrected chi connectivity index (χ3v) is 2.28. The summed E-state index contributed by atoms with van der Waals surface area (Å²) in [5.74, 6) is 0.833. The highest BCUT2D eigenvalue weighted by molar-refractivity contribution is 5.72. The molecule has 1 aromatic heterocycles. The molecule has 0 spiro atoms. The molecular formula is C9H12N2O. The van der Waals surface area contributed by atoms with Crippen LogP contribution in [0, 0.1) is 5.92 Å². The smallest absolute Gasteiger partial charge is 0.168 e. The molecule has 0 atom stereocenters. The molecule has 3 nitrogen and oxygen atoms in total. The third-order valence-electron chi connectivity index (χ3n) is 2.28. The molecular weight excluding hydrogens is 152 g/mol. The van der Waals surface area contributed by atoms with Gasteiger partial charge in [-0.2, -0.15) is 5.10 Å². The Morgan fingerprint density at radius 2 is 2.50 bits per heavy atom. The predicted octanol–water partition coefficient (Wildman–Crippen LogP) is 1.19. The molecule has 0 N–H and O–H groups in total. The Hall–Kier alpha value is -1.12. The quantitative estimate of drug-likeness (QED) is 0.629. The van der Waals surface area contributed by atoms with E-state index in [1.807, 2.05) is 6.07 Å². The summed E-state index contributed by atoms with van der Waals surface area (Å²) in [6, 6.07) is 1.88. The lowest BCUT2D eigenvalue weighted by atomic mass is 10.2. The van der Waals surface area contributed by atoms with Gasteiger partial charge in [-0.1, -0.05) is 0 Å². The van der Waals surface area contributed by atoms with Gasteiger partial charge in [0.05, 0.1) is 5.69 Å². The second-order valence-electron chi connectivity index (χ2n) is 3.45. The monoisotopic (exact) mass is 164 g/mol. The highest BCUT2D eigenvalue weighted by Gasteiger charge is 2.22. The van der Waals surface area contributed by atoms with Crippen LogP contribution in [0.1, 0.15) is 29.0 Å². The van der Waals surface area contributed by atoms with E-state index in [2.05, 4.69) is 5.10 Å². The molecule has 1 heterocycles. The van der Waals surface area contributed by atoms with Crippen LogP contribution < -0.4 is 0 Å². The Bertz CT molecular complexity index is 299. The molecule has 0 aliphatic heterocycles. The highest BCUT2D eigenvalue weighted by atomic mass is 16.1. The Labute approximate surface area is 71.4 Å². The first-order valence-corrected chi connectivity index (χ1v) is 4.27. The summed E-state index contributed by atoms with van der Waals surface area (Å²) < 4.78 is 1.64. The standard InChI is InChI=1S/C9H12N2O/c1-11-9(6-12)5-8(10-11)4-7-2-3-7/h5-7H,2-4H2,1H3. The van der Waals surface area contributed by atoms with Crippen LogP contribution in [0.4, 0.5) is 0 Å². The van der Waals surface area contributed by atoms with E-state index < -0.39 is 0 Å². The average Bonchev–Trinajstić information content (AvgIpc) is 2.76. The molecule has 1 saturated carbocycles. The van der Waals surface area contributed by atoms with Crippen LogP contribution in [0.5, 0.6) is 0 Å². The Kier molecular flexibility index (Phi) is 1.71. The van der Waals surface area contributed by atoms with E-state index in [4.69, 9.17) is 0 Å². The van der Waals surface area contributed by atoms with Crippen LogP contribution in [-0.4, -0.2) is 16.1 Å². The zero-order valence-electron chi connectivity index (χ0n) is 7.16. The zero-order chi connectivity index (χ0) is 8.55. The highest BCUT2D eigenvalue weighted by Crippen LogP contribution is 2.32. The first-order chi connectivity index (χ1) is 5.79. The van der Waals surface area contributed by atoms with Gasteiger partial charge < -0.3 is 0 Å². The summed E-state index contributed by atoms with van der Waals surface area (Å²) in [4.78, 5) is 10.5. The van der Waals surface area contributed by atoms with Crippen LogP contribution in [0.25, 0.3) is 0 Å². The maximum Gasteiger partial charge on any atom is 0.168 e. The first-order valence-electron chi connectivity index (χ1n) is 4.27. The summed E-state index contributed by atoms with van der Waals surface area (Å²) in [5, 5.41) is 4.25. The van der Waals surface area contributed by atoms with E-state index in [-0.39, 0.29) is 0 Å². The Morgan fingerprint density at radius 3 is 3.00 bits per heavy atom. The molecule has 1 aliphatic rings. The fourth-order valence-electron chi connectivity index (χ4n) is 1.37. The number of carbonyl (C=O) groups excluding carboxylic acids is 1. The van der Waals surface area contributed by atoms with Crippen LogP contribution in [0.15, 0.2) is 6.07 Å². The lowest BCUT2D eigenvalue weighted by Crippen LogP contribution is -1.96. The van der Waals surface area contributed by atoms with Gasteiger partial charge in [-0.3, -0.25) is 9.48 Å². The largest absolute Gasteiger partial charge is 0.296 e. The van der Waals surface area contributed by atoms with E-state index in [1.165, 1.54) is 12.8 Å². The summed E-state index contributed by atoms with van der Waals surface area (Å²) in [7, 11) is 1.81. The lowest BCUT2D eigenvalue weighted by molar-refractivity contribution is 0.111. The zero-order valence-corrected chi connectivity index (χ0v) is 7.16. The Morgan fingerprint density at radius 1 is 1.75 bits per heavy atom. The molecule has 0 radical (unpaired) electrons. The number of aromatic nitrogens is 2. The third kappa shape index (κ3) is 1.40. The second kappa shape index (κ2) is 2.73. The van der Waals surface area contributed by atoms with Crippen molar-refractivity contribution in [1.29, 1.82) is 0 Å². The van der Waals surface area contributed by atoms with Crippen molar-refractivity contribution in [3.05, 3.63) is 17.5 Å². The van der Waals surface area contributed by atoms with Crippen LogP contribution >= 0.6 is 0 Å². The fraction of sp³-hybridized carbons (Fsp3) is 0.556. The van der Waals surface area contributed by atoms with Gasteiger partial charge >= 0.3 is 0 Å². The van der Waals surface area contributed by atoms with Gasteiger partial charge in [-0.05, 0) is 31.2 Å². The van der Waals surface area contributed by atoms with Gasteiger partial charge in [0.1, 0.15) is 5.69 Å². The van der Waals surface area contributed by atoms with Crippen LogP contribution in [0.2, 0.25) is 0 Å². The van der Waals surface area contributed by atoms with Crippen molar-refractivity contribution in [2.75, 3.05) is 0 Å².